The van der Waals surface area contributed by atoms with Crippen LogP contribution in [-0.2, 0) is 10.9 Å². The smallest absolute Gasteiger partial charge is 0.373 e. The predicted octanol–water partition coefficient (Wildman–Crippen LogP) is 7.10. The summed E-state index contributed by atoms with van der Waals surface area (Å²) in [7, 11) is 0. The van der Waals surface area contributed by atoms with Gasteiger partial charge in [-0.15, -0.1) is 0 Å². The number of ether oxygens (including phenoxy) is 1. The van der Waals surface area contributed by atoms with Crippen molar-refractivity contribution in [3.05, 3.63) is 70.9 Å². The first-order chi connectivity index (χ1) is 18.0. The Morgan fingerprint density at radius 2 is 1.92 bits per heavy atom. The number of halogens is 5. The summed E-state index contributed by atoms with van der Waals surface area (Å²) in [6, 6.07) is 4.70. The minimum Gasteiger partial charge on any atom is -0.373 e. The van der Waals surface area contributed by atoms with Gasteiger partial charge in [-0.1, -0.05) is 6.92 Å². The Hall–Kier alpha value is -3.47. The highest BCUT2D eigenvalue weighted by Gasteiger charge is 2.36. The van der Waals surface area contributed by atoms with Crippen LogP contribution < -0.4 is 0 Å². The Kier molecular flexibility index (Phi) is 6.89. The zero-order valence-corrected chi connectivity index (χ0v) is 21.1. The Balaban J connectivity index is 1.60. The van der Waals surface area contributed by atoms with Gasteiger partial charge in [0.15, 0.2) is 5.69 Å². The summed E-state index contributed by atoms with van der Waals surface area (Å²) in [6.45, 7) is 5.81. The monoisotopic (exact) mass is 531 g/mol. The van der Waals surface area contributed by atoms with Crippen LogP contribution >= 0.6 is 0 Å². The van der Waals surface area contributed by atoms with Crippen molar-refractivity contribution in [2.75, 3.05) is 6.61 Å². The fourth-order valence-electron chi connectivity index (χ4n) is 4.76. The molecule has 6 nitrogen and oxygen atoms in total. The van der Waals surface area contributed by atoms with Gasteiger partial charge in [0, 0.05) is 47.7 Å². The standard InChI is InChI=1S/C27H26F5N5O/c1-4-14(2)37-13-17(12-33-37)23-9-16(7-8-38-23)21-11-22-25(36-26(15(3)34-22)27(30,31)32)24(35-21)19-6-5-18(28)10-20(19)29/h5-6,10-14,16,23H,4,7-9H2,1-3H3/t14?,16-,23+/m1/s1. The molecular formula is C27H26F5N5O. The average Bonchev–Trinajstić information content (AvgIpc) is 3.37. The molecule has 1 aromatic carbocycles. The van der Waals surface area contributed by atoms with E-state index in [4.69, 9.17) is 4.74 Å². The lowest BCUT2D eigenvalue weighted by atomic mass is 9.89. The van der Waals surface area contributed by atoms with E-state index in [2.05, 4.69) is 33.9 Å². The maximum atomic E-state index is 14.9. The number of alkyl halides is 3. The molecule has 3 aromatic heterocycles. The Morgan fingerprint density at radius 1 is 1.13 bits per heavy atom. The van der Waals surface area contributed by atoms with E-state index in [9.17, 15) is 22.0 Å². The van der Waals surface area contributed by atoms with Gasteiger partial charge >= 0.3 is 6.18 Å². The highest BCUT2D eigenvalue weighted by molar-refractivity contribution is 5.89. The fraction of sp³-hybridized carbons (Fsp3) is 0.407. The van der Waals surface area contributed by atoms with Gasteiger partial charge in [0.1, 0.15) is 22.8 Å². The SMILES string of the molecule is CCC(C)n1cc([C@@H]2C[C@H](c3cc4nc(C)c(C(F)(F)F)nc4c(-c4ccc(F)cc4F)n3)CCO2)cn1. The first kappa shape index (κ1) is 26.1. The van der Waals surface area contributed by atoms with Crippen LogP contribution in [0.4, 0.5) is 22.0 Å². The van der Waals surface area contributed by atoms with E-state index in [1.807, 2.05) is 10.9 Å². The van der Waals surface area contributed by atoms with E-state index >= 15 is 0 Å². The van der Waals surface area contributed by atoms with Crippen LogP contribution in [0.15, 0.2) is 36.7 Å². The van der Waals surface area contributed by atoms with Crippen molar-refractivity contribution in [3.63, 3.8) is 0 Å². The van der Waals surface area contributed by atoms with Gasteiger partial charge in [0.2, 0.25) is 0 Å². The zero-order chi connectivity index (χ0) is 27.2. The topological polar surface area (TPSA) is 65.7 Å². The molecule has 1 fully saturated rings. The molecule has 1 saturated heterocycles. The van der Waals surface area contributed by atoms with E-state index in [0.717, 1.165) is 24.1 Å². The van der Waals surface area contributed by atoms with Crippen molar-refractivity contribution in [3.8, 4) is 11.3 Å². The van der Waals surface area contributed by atoms with Crippen LogP contribution in [-0.4, -0.2) is 31.3 Å². The largest absolute Gasteiger partial charge is 0.435 e. The first-order valence-electron chi connectivity index (χ1n) is 12.4. The van der Waals surface area contributed by atoms with Gasteiger partial charge in [0.25, 0.3) is 0 Å². The summed E-state index contributed by atoms with van der Waals surface area (Å²) in [4.78, 5) is 12.6. The second-order valence-electron chi connectivity index (χ2n) is 9.63. The first-order valence-corrected chi connectivity index (χ1v) is 12.4. The molecule has 0 bridgehead atoms. The normalized spacial score (nSPS) is 19.2. The van der Waals surface area contributed by atoms with Crippen LogP contribution in [0.2, 0.25) is 0 Å². The van der Waals surface area contributed by atoms with Crippen molar-refractivity contribution >= 4 is 11.0 Å². The molecule has 3 atom stereocenters. The Bertz CT molecular complexity index is 1480. The molecule has 38 heavy (non-hydrogen) atoms. The number of aromatic nitrogens is 5. The molecule has 0 N–H and O–H groups in total. The summed E-state index contributed by atoms with van der Waals surface area (Å²) >= 11 is 0. The Morgan fingerprint density at radius 3 is 2.63 bits per heavy atom. The second-order valence-corrected chi connectivity index (χ2v) is 9.63. The minimum atomic E-state index is -4.75. The molecule has 0 aliphatic carbocycles. The van der Waals surface area contributed by atoms with E-state index in [0.29, 0.717) is 31.2 Å². The quantitative estimate of drug-likeness (QED) is 0.257. The number of aryl methyl sites for hydroxylation is 1. The molecule has 5 rings (SSSR count). The molecular weight excluding hydrogens is 505 g/mol. The van der Waals surface area contributed by atoms with Gasteiger partial charge < -0.3 is 4.74 Å². The van der Waals surface area contributed by atoms with Crippen molar-refractivity contribution in [2.45, 2.75) is 64.3 Å². The third-order valence-electron chi connectivity index (χ3n) is 7.04. The van der Waals surface area contributed by atoms with Gasteiger partial charge in [-0.2, -0.15) is 18.3 Å². The number of benzene rings is 1. The van der Waals surface area contributed by atoms with Crippen LogP contribution in [0, 0.1) is 18.6 Å². The summed E-state index contributed by atoms with van der Waals surface area (Å²) in [5, 5.41) is 4.45. The van der Waals surface area contributed by atoms with Gasteiger partial charge in [-0.05, 0) is 51.3 Å². The molecule has 1 aliphatic heterocycles. The summed E-state index contributed by atoms with van der Waals surface area (Å²) in [6.07, 6.45) is 0.805. The van der Waals surface area contributed by atoms with Crippen LogP contribution in [0.25, 0.3) is 22.3 Å². The zero-order valence-electron chi connectivity index (χ0n) is 21.1. The minimum absolute atomic E-state index is 0.111. The highest BCUT2D eigenvalue weighted by atomic mass is 19.4. The van der Waals surface area contributed by atoms with Crippen LogP contribution in [0.3, 0.4) is 0 Å². The van der Waals surface area contributed by atoms with Gasteiger partial charge in [0.05, 0.1) is 23.5 Å². The molecule has 1 aliphatic rings. The summed E-state index contributed by atoms with van der Waals surface area (Å²) < 4.78 is 77.3. The molecule has 11 heteroatoms. The second kappa shape index (κ2) is 10.0. The molecule has 0 radical (unpaired) electrons. The molecule has 1 unspecified atom stereocenters. The molecule has 4 heterocycles. The van der Waals surface area contributed by atoms with E-state index < -0.39 is 23.5 Å². The van der Waals surface area contributed by atoms with Crippen molar-refractivity contribution < 1.29 is 26.7 Å². The maximum Gasteiger partial charge on any atom is 0.435 e. The van der Waals surface area contributed by atoms with Crippen molar-refractivity contribution in [2.24, 2.45) is 0 Å². The van der Waals surface area contributed by atoms with Crippen LogP contribution in [0.1, 0.15) is 73.8 Å². The summed E-state index contributed by atoms with van der Waals surface area (Å²) in [5.41, 5.74) is -0.313. The number of hydrogen-bond acceptors (Lipinski definition) is 5. The Labute approximate surface area is 215 Å². The van der Waals surface area contributed by atoms with Gasteiger partial charge in [-0.3, -0.25) is 4.68 Å². The lowest BCUT2D eigenvalue weighted by molar-refractivity contribution is -0.141. The predicted molar refractivity (Wildman–Crippen MR) is 130 cm³/mol. The maximum absolute atomic E-state index is 14.9. The molecule has 0 amide bonds. The lowest BCUT2D eigenvalue weighted by Gasteiger charge is -2.29. The number of nitrogens with zero attached hydrogens (tertiary/aromatic N) is 5. The average molecular weight is 532 g/mol. The number of rotatable bonds is 5. The third-order valence-corrected chi connectivity index (χ3v) is 7.04. The van der Waals surface area contributed by atoms with E-state index in [-0.39, 0.29) is 46.0 Å². The van der Waals surface area contributed by atoms with Gasteiger partial charge in [-0.25, -0.2) is 23.7 Å². The molecule has 4 aromatic rings. The number of fused-ring (bicyclic) bond motifs is 1. The van der Waals surface area contributed by atoms with E-state index in [1.54, 1.807) is 12.3 Å². The van der Waals surface area contributed by atoms with Crippen molar-refractivity contribution in [1.82, 2.24) is 24.7 Å². The van der Waals surface area contributed by atoms with Crippen LogP contribution in [0.5, 0.6) is 0 Å². The number of hydrogen-bond donors (Lipinski definition) is 0. The third kappa shape index (κ3) is 4.99. The molecule has 0 spiro atoms. The molecule has 0 saturated carbocycles. The highest BCUT2D eigenvalue weighted by Crippen LogP contribution is 2.40. The fourth-order valence-corrected chi connectivity index (χ4v) is 4.76. The summed E-state index contributed by atoms with van der Waals surface area (Å²) in [5.74, 6) is -1.90. The lowest BCUT2D eigenvalue weighted by Crippen LogP contribution is -2.20. The molecule has 200 valence electrons. The van der Waals surface area contributed by atoms with Crippen molar-refractivity contribution in [1.29, 1.82) is 0 Å². The van der Waals surface area contributed by atoms with E-state index in [1.165, 1.54) is 6.92 Å². The number of pyridine rings is 1.